The van der Waals surface area contributed by atoms with E-state index in [0.29, 0.717) is 30.0 Å². The SMILES string of the molecule is COCCNc1nc(Cl)c(-c2cccc(N)c2)n(CC(=O)NCc2ccc(C(=N)N)cc2)c1=O. The molecule has 0 fully saturated rings. The Bertz CT molecular complexity index is 1240. The molecule has 1 heterocycles. The molecular formula is C23H26ClN7O3. The maximum absolute atomic E-state index is 13.2. The van der Waals surface area contributed by atoms with Crippen molar-refractivity contribution in [3.05, 3.63) is 75.2 Å². The third-order valence-electron chi connectivity index (χ3n) is 4.94. The topological polar surface area (TPSA) is 161 Å². The average Bonchev–Trinajstić information content (AvgIpc) is 2.81. The number of ether oxygens (including phenoxy) is 1. The summed E-state index contributed by atoms with van der Waals surface area (Å²) in [5.41, 5.74) is 13.6. The normalized spacial score (nSPS) is 10.6. The number of amidine groups is 1. The van der Waals surface area contributed by atoms with E-state index in [2.05, 4.69) is 15.6 Å². The van der Waals surface area contributed by atoms with E-state index in [-0.39, 0.29) is 35.6 Å². The molecule has 0 spiro atoms. The lowest BCUT2D eigenvalue weighted by atomic mass is 10.1. The van der Waals surface area contributed by atoms with Gasteiger partial charge in [-0.3, -0.25) is 19.6 Å². The van der Waals surface area contributed by atoms with Crippen LogP contribution < -0.4 is 27.7 Å². The van der Waals surface area contributed by atoms with Crippen LogP contribution in [0.15, 0.2) is 53.3 Å². The molecule has 0 atom stereocenters. The molecule has 2 aromatic carbocycles. The van der Waals surface area contributed by atoms with Gasteiger partial charge in [-0.25, -0.2) is 4.98 Å². The smallest absolute Gasteiger partial charge is 0.294 e. The molecule has 0 unspecified atom stereocenters. The number of aromatic nitrogens is 2. The molecule has 10 nitrogen and oxygen atoms in total. The molecular weight excluding hydrogens is 458 g/mol. The largest absolute Gasteiger partial charge is 0.399 e. The van der Waals surface area contributed by atoms with Crippen molar-refractivity contribution < 1.29 is 9.53 Å². The van der Waals surface area contributed by atoms with Gasteiger partial charge in [0.25, 0.3) is 5.56 Å². The first-order chi connectivity index (χ1) is 16.3. The minimum Gasteiger partial charge on any atom is -0.399 e. The Morgan fingerprint density at radius 2 is 1.97 bits per heavy atom. The van der Waals surface area contributed by atoms with E-state index in [4.69, 9.17) is 33.2 Å². The Balaban J connectivity index is 1.88. The monoisotopic (exact) mass is 483 g/mol. The number of amides is 1. The minimum absolute atomic E-state index is 0.0160. The van der Waals surface area contributed by atoms with Gasteiger partial charge in [-0.05, 0) is 17.7 Å². The number of nitrogen functional groups attached to an aromatic ring is 2. The highest BCUT2D eigenvalue weighted by Crippen LogP contribution is 2.27. The fourth-order valence-electron chi connectivity index (χ4n) is 3.24. The number of nitrogens with one attached hydrogen (secondary N) is 3. The standard InChI is InChI=1S/C23H26ClN7O3/c1-34-10-9-28-22-23(33)31(19(20(24)30-22)16-3-2-4-17(25)11-16)13-18(32)29-12-14-5-7-15(8-6-14)21(26)27/h2-8,11H,9-10,12-13,25H2,1H3,(H3,26,27)(H,28,30)(H,29,32). The number of hydrogen-bond donors (Lipinski definition) is 5. The number of carbonyl (C=O) groups is 1. The van der Waals surface area contributed by atoms with Gasteiger partial charge in [0, 0.05) is 37.0 Å². The molecule has 1 amide bonds. The zero-order chi connectivity index (χ0) is 24.7. The summed E-state index contributed by atoms with van der Waals surface area (Å²) in [6.07, 6.45) is 0. The molecule has 34 heavy (non-hydrogen) atoms. The van der Waals surface area contributed by atoms with Gasteiger partial charge >= 0.3 is 0 Å². The molecule has 0 saturated carbocycles. The lowest BCUT2D eigenvalue weighted by Gasteiger charge is -2.17. The maximum Gasteiger partial charge on any atom is 0.294 e. The van der Waals surface area contributed by atoms with Gasteiger partial charge in [0.2, 0.25) is 5.91 Å². The molecule has 178 valence electrons. The number of anilines is 2. The summed E-state index contributed by atoms with van der Waals surface area (Å²) in [6, 6.07) is 13.8. The quantitative estimate of drug-likeness (QED) is 0.127. The van der Waals surface area contributed by atoms with Gasteiger partial charge in [0.05, 0.1) is 12.3 Å². The van der Waals surface area contributed by atoms with Crippen LogP contribution in [0.3, 0.4) is 0 Å². The molecule has 0 aliphatic heterocycles. The molecule has 0 radical (unpaired) electrons. The van der Waals surface area contributed by atoms with Gasteiger partial charge in [0.1, 0.15) is 12.4 Å². The molecule has 7 N–H and O–H groups in total. The van der Waals surface area contributed by atoms with Gasteiger partial charge in [-0.2, -0.15) is 0 Å². The summed E-state index contributed by atoms with van der Waals surface area (Å²) >= 11 is 6.46. The maximum atomic E-state index is 13.2. The second-order valence-corrected chi connectivity index (χ2v) is 7.78. The molecule has 3 aromatic rings. The second-order valence-electron chi connectivity index (χ2n) is 7.42. The molecule has 1 aromatic heterocycles. The van der Waals surface area contributed by atoms with E-state index in [1.54, 1.807) is 55.6 Å². The average molecular weight is 484 g/mol. The van der Waals surface area contributed by atoms with Crippen LogP contribution in [0.5, 0.6) is 0 Å². The van der Waals surface area contributed by atoms with Crippen molar-refractivity contribution >= 4 is 34.8 Å². The lowest BCUT2D eigenvalue weighted by Crippen LogP contribution is -2.35. The summed E-state index contributed by atoms with van der Waals surface area (Å²) in [6.45, 7) is 0.653. The van der Waals surface area contributed by atoms with Crippen LogP contribution in [0.4, 0.5) is 11.5 Å². The Kier molecular flexibility index (Phi) is 8.23. The summed E-state index contributed by atoms with van der Waals surface area (Å²) in [7, 11) is 1.54. The number of methoxy groups -OCH3 is 1. The van der Waals surface area contributed by atoms with Crippen LogP contribution in [0.1, 0.15) is 11.1 Å². The van der Waals surface area contributed by atoms with Crippen LogP contribution in [0, 0.1) is 5.41 Å². The van der Waals surface area contributed by atoms with Crippen LogP contribution in [-0.4, -0.2) is 41.6 Å². The molecule has 0 bridgehead atoms. The zero-order valence-corrected chi connectivity index (χ0v) is 19.4. The van der Waals surface area contributed by atoms with Crippen LogP contribution >= 0.6 is 11.6 Å². The predicted molar refractivity (Wildman–Crippen MR) is 133 cm³/mol. The fraction of sp³-hybridized carbons (Fsp3) is 0.217. The summed E-state index contributed by atoms with van der Waals surface area (Å²) < 4.78 is 6.27. The number of carbonyl (C=O) groups excluding carboxylic acids is 1. The summed E-state index contributed by atoms with van der Waals surface area (Å²) in [4.78, 5) is 30.2. The van der Waals surface area contributed by atoms with E-state index < -0.39 is 11.5 Å². The number of nitrogens with zero attached hydrogens (tertiary/aromatic N) is 2. The van der Waals surface area contributed by atoms with Crippen LogP contribution in [0.25, 0.3) is 11.3 Å². The minimum atomic E-state index is -0.501. The first-order valence-corrected chi connectivity index (χ1v) is 10.8. The number of halogens is 1. The Hall–Kier alpha value is -3.89. The number of rotatable bonds is 10. The summed E-state index contributed by atoms with van der Waals surface area (Å²) in [5, 5.41) is 13.2. The molecule has 3 rings (SSSR count). The van der Waals surface area contributed by atoms with E-state index in [1.165, 1.54) is 4.57 Å². The van der Waals surface area contributed by atoms with Crippen LogP contribution in [-0.2, 0) is 22.6 Å². The third kappa shape index (κ3) is 6.12. The van der Waals surface area contributed by atoms with Crippen molar-refractivity contribution in [1.82, 2.24) is 14.9 Å². The fourth-order valence-corrected chi connectivity index (χ4v) is 3.54. The van der Waals surface area contributed by atoms with E-state index in [9.17, 15) is 9.59 Å². The molecule has 0 aliphatic carbocycles. The number of benzene rings is 2. The number of hydrogen-bond acceptors (Lipinski definition) is 7. The highest BCUT2D eigenvalue weighted by atomic mass is 35.5. The molecule has 0 saturated heterocycles. The van der Waals surface area contributed by atoms with E-state index >= 15 is 0 Å². The molecule has 11 heteroatoms. The van der Waals surface area contributed by atoms with Gasteiger partial charge in [-0.1, -0.05) is 48.0 Å². The zero-order valence-electron chi connectivity index (χ0n) is 18.6. The van der Waals surface area contributed by atoms with Gasteiger partial charge in [0.15, 0.2) is 11.0 Å². The van der Waals surface area contributed by atoms with Crippen molar-refractivity contribution in [2.24, 2.45) is 5.73 Å². The lowest BCUT2D eigenvalue weighted by molar-refractivity contribution is -0.121. The highest BCUT2D eigenvalue weighted by molar-refractivity contribution is 6.32. The van der Waals surface area contributed by atoms with Gasteiger partial charge < -0.3 is 26.8 Å². The second kappa shape index (κ2) is 11.3. The first kappa shape index (κ1) is 24.7. The third-order valence-corrected chi connectivity index (χ3v) is 5.20. The number of nitrogens with two attached hydrogens (primary N) is 2. The van der Waals surface area contributed by atoms with Crippen molar-refractivity contribution in [2.75, 3.05) is 31.3 Å². The Morgan fingerprint density at radius 1 is 1.24 bits per heavy atom. The van der Waals surface area contributed by atoms with E-state index in [1.807, 2.05) is 0 Å². The Morgan fingerprint density at radius 3 is 2.62 bits per heavy atom. The van der Waals surface area contributed by atoms with Crippen molar-refractivity contribution in [3.8, 4) is 11.3 Å². The van der Waals surface area contributed by atoms with Crippen molar-refractivity contribution in [2.45, 2.75) is 13.1 Å². The van der Waals surface area contributed by atoms with E-state index in [0.717, 1.165) is 5.56 Å². The molecule has 0 aliphatic rings. The van der Waals surface area contributed by atoms with Crippen molar-refractivity contribution in [3.63, 3.8) is 0 Å². The Labute approximate surface area is 201 Å². The van der Waals surface area contributed by atoms with Gasteiger partial charge in [-0.15, -0.1) is 0 Å². The predicted octanol–water partition coefficient (Wildman–Crippen LogP) is 1.80. The van der Waals surface area contributed by atoms with Crippen LogP contribution in [0.2, 0.25) is 5.15 Å². The highest BCUT2D eigenvalue weighted by Gasteiger charge is 2.19. The first-order valence-electron chi connectivity index (χ1n) is 10.4. The van der Waals surface area contributed by atoms with Crippen molar-refractivity contribution in [1.29, 1.82) is 5.41 Å². The summed E-state index contributed by atoms with van der Waals surface area (Å²) in [5.74, 6) is -0.413.